The van der Waals surface area contributed by atoms with Gasteiger partial charge in [-0.15, -0.1) is 0 Å². The monoisotopic (exact) mass is 500 g/mol. The molecule has 2 nitrogen and oxygen atoms in total. The van der Waals surface area contributed by atoms with E-state index >= 15 is 0 Å². The molecule has 1 atom stereocenters. The third kappa shape index (κ3) is 8.59. The number of hydrogen-bond donors (Lipinski definition) is 1. The van der Waals surface area contributed by atoms with E-state index in [1.54, 1.807) is 6.20 Å². The Hall–Kier alpha value is -2.35. The highest BCUT2D eigenvalue weighted by atomic mass is 14.9. The number of allylic oxidation sites excluding steroid dienone is 6. The largest absolute Gasteiger partial charge is 0.405 e. The maximum absolute atomic E-state index is 5.99. The van der Waals surface area contributed by atoms with Gasteiger partial charge in [-0.1, -0.05) is 95.4 Å². The van der Waals surface area contributed by atoms with Crippen LogP contribution in [0.4, 0.5) is 0 Å². The van der Waals surface area contributed by atoms with Gasteiger partial charge in [0.25, 0.3) is 0 Å². The number of unbranched alkanes of at least 4 members (excludes halogenated alkanes) is 2. The summed E-state index contributed by atoms with van der Waals surface area (Å²) in [6, 6.07) is 8.93. The molecule has 202 valence electrons. The third-order valence-corrected chi connectivity index (χ3v) is 8.41. The van der Waals surface area contributed by atoms with E-state index in [0.717, 1.165) is 25.2 Å². The zero-order valence-corrected chi connectivity index (χ0v) is 24.4. The molecule has 0 aliphatic heterocycles. The van der Waals surface area contributed by atoms with E-state index in [1.807, 2.05) is 0 Å². The average molecular weight is 501 g/mol. The first-order chi connectivity index (χ1) is 18.0. The summed E-state index contributed by atoms with van der Waals surface area (Å²) in [7, 11) is 0. The Morgan fingerprint density at radius 2 is 1.84 bits per heavy atom. The molecule has 0 bridgehead atoms. The second-order valence-corrected chi connectivity index (χ2v) is 11.5. The summed E-state index contributed by atoms with van der Waals surface area (Å²) in [5.41, 5.74) is 14.2. The zero-order chi connectivity index (χ0) is 26.7. The minimum absolute atomic E-state index is 0.0928. The predicted octanol–water partition coefficient (Wildman–Crippen LogP) is 9.77. The van der Waals surface area contributed by atoms with Crippen molar-refractivity contribution in [2.45, 2.75) is 117 Å². The van der Waals surface area contributed by atoms with E-state index in [0.29, 0.717) is 5.92 Å². The normalized spacial score (nSPS) is 19.5. The fraction of sp³-hybridized carbons (Fsp3) is 0.571. The molecule has 0 saturated heterocycles. The van der Waals surface area contributed by atoms with Gasteiger partial charge < -0.3 is 5.73 Å². The Morgan fingerprint density at radius 1 is 1.08 bits per heavy atom. The van der Waals surface area contributed by atoms with Crippen LogP contribution in [0.25, 0.3) is 5.57 Å². The average Bonchev–Trinajstić information content (AvgIpc) is 3.84. The molecule has 0 amide bonds. The number of benzene rings is 1. The van der Waals surface area contributed by atoms with Crippen molar-refractivity contribution in [2.24, 2.45) is 22.6 Å². The summed E-state index contributed by atoms with van der Waals surface area (Å²) in [4.78, 5) is 5.34. The van der Waals surface area contributed by atoms with Gasteiger partial charge in [-0.25, -0.2) is 0 Å². The van der Waals surface area contributed by atoms with Gasteiger partial charge in [0.15, 0.2) is 0 Å². The molecular weight excluding hydrogens is 448 g/mol. The zero-order valence-electron chi connectivity index (χ0n) is 24.4. The van der Waals surface area contributed by atoms with Gasteiger partial charge in [0.1, 0.15) is 0 Å². The van der Waals surface area contributed by atoms with Crippen molar-refractivity contribution in [1.82, 2.24) is 0 Å². The van der Waals surface area contributed by atoms with Crippen molar-refractivity contribution in [3.05, 3.63) is 76.5 Å². The van der Waals surface area contributed by atoms with Crippen LogP contribution in [0.2, 0.25) is 0 Å². The van der Waals surface area contributed by atoms with Crippen molar-refractivity contribution in [3.63, 3.8) is 0 Å². The lowest BCUT2D eigenvalue weighted by Gasteiger charge is -2.19. The third-order valence-electron chi connectivity index (χ3n) is 8.41. The first-order valence-electron chi connectivity index (χ1n) is 15.1. The Morgan fingerprint density at radius 3 is 2.46 bits per heavy atom. The standard InChI is InChI=1S/C35H52N2/c1-6-9-10-14-27(4)32(20-19-29(8-3)13-7-2)26-37-35(22-23-35)28(5)33(21-24-36)34-16-12-11-15-31(34)25-30-17-18-30/h11-12,15-16,19-21,24,26-27,30H,6-10,13-14,17-18,22-23,25,36H2,1-5H3/b24-21-,29-19+,32-20+,33-28-,37-26?. The highest BCUT2D eigenvalue weighted by molar-refractivity contribution is 5.83. The van der Waals surface area contributed by atoms with Crippen LogP contribution in [0.3, 0.4) is 0 Å². The first-order valence-corrected chi connectivity index (χ1v) is 15.1. The summed E-state index contributed by atoms with van der Waals surface area (Å²) in [6.45, 7) is 11.5. The van der Waals surface area contributed by atoms with Crippen LogP contribution >= 0.6 is 0 Å². The maximum atomic E-state index is 5.99. The smallest absolute Gasteiger partial charge is 0.0825 e. The van der Waals surface area contributed by atoms with Crippen LogP contribution in [0, 0.1) is 11.8 Å². The van der Waals surface area contributed by atoms with E-state index in [-0.39, 0.29) is 5.54 Å². The highest BCUT2D eigenvalue weighted by Gasteiger charge is 2.45. The molecule has 0 radical (unpaired) electrons. The number of nitrogens with zero attached hydrogens (tertiary/aromatic N) is 1. The molecule has 1 aromatic carbocycles. The van der Waals surface area contributed by atoms with Crippen molar-refractivity contribution < 1.29 is 0 Å². The number of aliphatic imine (C=N–C) groups is 1. The molecule has 2 heteroatoms. The highest BCUT2D eigenvalue weighted by Crippen LogP contribution is 2.49. The minimum Gasteiger partial charge on any atom is -0.405 e. The van der Waals surface area contributed by atoms with Gasteiger partial charge in [-0.05, 0) is 110 Å². The van der Waals surface area contributed by atoms with Crippen LogP contribution in [-0.2, 0) is 6.42 Å². The molecule has 1 unspecified atom stereocenters. The van der Waals surface area contributed by atoms with Gasteiger partial charge in [0, 0.05) is 6.21 Å². The Bertz CT molecular complexity index is 1010. The molecule has 2 aliphatic rings. The van der Waals surface area contributed by atoms with Gasteiger partial charge in [-0.2, -0.15) is 0 Å². The molecule has 37 heavy (non-hydrogen) atoms. The maximum Gasteiger partial charge on any atom is 0.0825 e. The van der Waals surface area contributed by atoms with Crippen molar-refractivity contribution in [3.8, 4) is 0 Å². The summed E-state index contributed by atoms with van der Waals surface area (Å²) in [6.07, 6.45) is 25.5. The molecular formula is C35H52N2. The van der Waals surface area contributed by atoms with Crippen LogP contribution in [0.5, 0.6) is 0 Å². The number of hydrogen-bond acceptors (Lipinski definition) is 2. The minimum atomic E-state index is -0.0928. The van der Waals surface area contributed by atoms with Crippen molar-refractivity contribution in [2.75, 3.05) is 0 Å². The molecule has 2 N–H and O–H groups in total. The Labute approximate surface area is 227 Å². The predicted molar refractivity (Wildman–Crippen MR) is 164 cm³/mol. The van der Waals surface area contributed by atoms with Gasteiger partial charge in [-0.3, -0.25) is 4.99 Å². The summed E-state index contributed by atoms with van der Waals surface area (Å²) in [5.74, 6) is 1.38. The fourth-order valence-corrected chi connectivity index (χ4v) is 5.39. The molecule has 0 aromatic heterocycles. The Kier molecular flexibility index (Phi) is 11.5. The lowest BCUT2D eigenvalue weighted by molar-refractivity contribution is 0.566. The van der Waals surface area contributed by atoms with Crippen molar-refractivity contribution in [1.29, 1.82) is 0 Å². The summed E-state index contributed by atoms with van der Waals surface area (Å²) >= 11 is 0. The van der Waals surface area contributed by atoms with Gasteiger partial charge >= 0.3 is 0 Å². The molecule has 3 rings (SSSR count). The Balaban J connectivity index is 1.93. The topological polar surface area (TPSA) is 38.4 Å². The first kappa shape index (κ1) is 29.2. The molecule has 0 heterocycles. The van der Waals surface area contributed by atoms with Crippen LogP contribution in [0.1, 0.15) is 116 Å². The SMILES string of the molecule is CCCCCC(C)/C(C=NC1(/C(C)=C(/C=C\N)c2ccccc2CC2CC2)CC1)=C/C=C(\CC)CCC. The molecule has 0 spiro atoms. The molecule has 2 fully saturated rings. The van der Waals surface area contributed by atoms with E-state index in [4.69, 9.17) is 10.7 Å². The van der Waals surface area contributed by atoms with E-state index < -0.39 is 0 Å². The van der Waals surface area contributed by atoms with Gasteiger partial charge in [0.05, 0.1) is 5.54 Å². The summed E-state index contributed by atoms with van der Waals surface area (Å²) < 4.78 is 0. The molecule has 1 aromatic rings. The van der Waals surface area contributed by atoms with Crippen molar-refractivity contribution >= 4 is 11.8 Å². The second kappa shape index (κ2) is 14.6. The quantitative estimate of drug-likeness (QED) is 0.137. The number of nitrogens with two attached hydrogens (primary N) is 1. The van der Waals surface area contributed by atoms with Crippen LogP contribution in [0.15, 0.2) is 70.4 Å². The molecule has 2 aliphatic carbocycles. The lowest BCUT2D eigenvalue weighted by atomic mass is 9.89. The lowest BCUT2D eigenvalue weighted by Crippen LogP contribution is -2.12. The number of rotatable bonds is 16. The van der Waals surface area contributed by atoms with E-state index in [1.165, 1.54) is 91.2 Å². The van der Waals surface area contributed by atoms with E-state index in [9.17, 15) is 0 Å². The molecule has 2 saturated carbocycles. The van der Waals surface area contributed by atoms with Crippen LogP contribution in [-0.4, -0.2) is 11.8 Å². The summed E-state index contributed by atoms with van der Waals surface area (Å²) in [5, 5.41) is 0. The fourth-order valence-electron chi connectivity index (χ4n) is 5.39. The van der Waals surface area contributed by atoms with Gasteiger partial charge in [0.2, 0.25) is 0 Å². The van der Waals surface area contributed by atoms with E-state index in [2.05, 4.69) is 83.3 Å². The second-order valence-electron chi connectivity index (χ2n) is 11.5. The van der Waals surface area contributed by atoms with Crippen LogP contribution < -0.4 is 5.73 Å².